The average molecular weight is 452 g/mol. The second-order valence-electron chi connectivity index (χ2n) is 8.08. The van der Waals surface area contributed by atoms with Crippen molar-refractivity contribution in [1.29, 1.82) is 0 Å². The first kappa shape index (κ1) is 23.6. The molecule has 3 rings (SSSR count). The summed E-state index contributed by atoms with van der Waals surface area (Å²) in [7, 11) is -3.91. The van der Waals surface area contributed by atoms with Gasteiger partial charge in [0, 0.05) is 12.7 Å². The van der Waals surface area contributed by atoms with Gasteiger partial charge in [-0.15, -0.1) is 0 Å². The highest BCUT2D eigenvalue weighted by Gasteiger charge is 2.30. The van der Waals surface area contributed by atoms with Gasteiger partial charge in [-0.1, -0.05) is 53.6 Å². The standard InChI is InChI=1S/C25H29N3O3S/c1-18-8-10-22(11-9-18)16-28(17-24(29)27-15-23-7-5-6-12-26-23)32(30,31)25-20(3)13-19(2)14-21(25)4/h5-14H,15-17H2,1-4H3,(H,27,29). The van der Waals surface area contributed by atoms with Crippen LogP contribution in [0.1, 0.15) is 33.5 Å². The molecule has 0 aliphatic rings. The van der Waals surface area contributed by atoms with E-state index in [2.05, 4.69) is 10.3 Å². The SMILES string of the molecule is Cc1ccc(CN(CC(=O)NCc2ccccn2)S(=O)(=O)c2c(C)cc(C)cc2C)cc1. The highest BCUT2D eigenvalue weighted by atomic mass is 32.2. The number of sulfonamides is 1. The van der Waals surface area contributed by atoms with Crippen LogP contribution in [0.25, 0.3) is 0 Å². The first-order valence-electron chi connectivity index (χ1n) is 10.5. The Balaban J connectivity index is 1.89. The summed E-state index contributed by atoms with van der Waals surface area (Å²) in [4.78, 5) is 17.2. The lowest BCUT2D eigenvalue weighted by Crippen LogP contribution is -2.40. The van der Waals surface area contributed by atoms with Crippen LogP contribution >= 0.6 is 0 Å². The number of nitrogens with one attached hydrogen (secondary N) is 1. The number of carbonyl (C=O) groups is 1. The van der Waals surface area contributed by atoms with Crippen molar-refractivity contribution in [3.8, 4) is 0 Å². The summed E-state index contributed by atoms with van der Waals surface area (Å²) in [5, 5.41) is 2.78. The molecule has 1 N–H and O–H groups in total. The van der Waals surface area contributed by atoms with Crippen LogP contribution in [0, 0.1) is 27.7 Å². The maximum atomic E-state index is 13.7. The quantitative estimate of drug-likeness (QED) is 0.565. The summed E-state index contributed by atoms with van der Waals surface area (Å²) >= 11 is 0. The van der Waals surface area contributed by atoms with Crippen LogP contribution in [0.5, 0.6) is 0 Å². The van der Waals surface area contributed by atoms with Crippen molar-refractivity contribution in [3.63, 3.8) is 0 Å². The summed E-state index contributed by atoms with van der Waals surface area (Å²) < 4.78 is 28.6. The summed E-state index contributed by atoms with van der Waals surface area (Å²) in [6.07, 6.45) is 1.65. The number of pyridine rings is 1. The minimum absolute atomic E-state index is 0.104. The third-order valence-corrected chi connectivity index (χ3v) is 7.29. The van der Waals surface area contributed by atoms with E-state index < -0.39 is 10.0 Å². The highest BCUT2D eigenvalue weighted by Crippen LogP contribution is 2.26. The van der Waals surface area contributed by atoms with Gasteiger partial charge in [0.05, 0.1) is 23.7 Å². The molecule has 0 saturated heterocycles. The van der Waals surface area contributed by atoms with Crippen molar-refractivity contribution in [1.82, 2.24) is 14.6 Å². The first-order chi connectivity index (χ1) is 15.2. The molecule has 0 atom stereocenters. The number of hydrogen-bond donors (Lipinski definition) is 1. The Morgan fingerprint density at radius 2 is 1.59 bits per heavy atom. The smallest absolute Gasteiger partial charge is 0.244 e. The van der Waals surface area contributed by atoms with Gasteiger partial charge in [0.25, 0.3) is 0 Å². The molecule has 0 bridgehead atoms. The van der Waals surface area contributed by atoms with Crippen molar-refractivity contribution < 1.29 is 13.2 Å². The van der Waals surface area contributed by atoms with E-state index in [1.54, 1.807) is 32.2 Å². The van der Waals surface area contributed by atoms with Crippen molar-refractivity contribution in [3.05, 3.63) is 94.3 Å². The molecule has 0 aliphatic carbocycles. The zero-order valence-electron chi connectivity index (χ0n) is 18.9. The number of aromatic nitrogens is 1. The molecule has 1 amide bonds. The van der Waals surface area contributed by atoms with E-state index >= 15 is 0 Å². The minimum Gasteiger partial charge on any atom is -0.349 e. The third kappa shape index (κ3) is 5.81. The molecular formula is C25H29N3O3S. The van der Waals surface area contributed by atoms with E-state index in [9.17, 15) is 13.2 Å². The summed E-state index contributed by atoms with van der Waals surface area (Å²) in [6.45, 7) is 7.55. The van der Waals surface area contributed by atoms with Crippen LogP contribution in [-0.2, 0) is 27.9 Å². The summed E-state index contributed by atoms with van der Waals surface area (Å²) in [6, 6.07) is 16.8. The molecule has 0 fully saturated rings. The molecule has 0 spiro atoms. The predicted octanol–water partition coefficient (Wildman–Crippen LogP) is 3.82. The van der Waals surface area contributed by atoms with Gasteiger partial charge in [0.15, 0.2) is 0 Å². The van der Waals surface area contributed by atoms with Gasteiger partial charge in [-0.2, -0.15) is 4.31 Å². The van der Waals surface area contributed by atoms with Gasteiger partial charge in [-0.05, 0) is 56.5 Å². The highest BCUT2D eigenvalue weighted by molar-refractivity contribution is 7.89. The van der Waals surface area contributed by atoms with Gasteiger partial charge >= 0.3 is 0 Å². The van der Waals surface area contributed by atoms with E-state index in [4.69, 9.17) is 0 Å². The number of rotatable bonds is 8. The topological polar surface area (TPSA) is 79.4 Å². The molecule has 1 aromatic heterocycles. The fourth-order valence-corrected chi connectivity index (χ4v) is 5.53. The van der Waals surface area contributed by atoms with E-state index in [0.717, 1.165) is 16.7 Å². The number of benzene rings is 2. The Kier molecular flexibility index (Phi) is 7.43. The maximum Gasteiger partial charge on any atom is 0.244 e. The van der Waals surface area contributed by atoms with Gasteiger partial charge in [-0.3, -0.25) is 9.78 Å². The largest absolute Gasteiger partial charge is 0.349 e. The zero-order chi connectivity index (χ0) is 23.3. The monoisotopic (exact) mass is 451 g/mol. The van der Waals surface area contributed by atoms with Crippen LogP contribution in [0.3, 0.4) is 0 Å². The Bertz CT molecular complexity index is 1170. The van der Waals surface area contributed by atoms with Crippen LogP contribution in [0.15, 0.2) is 65.7 Å². The van der Waals surface area contributed by atoms with Crippen molar-refractivity contribution in [2.75, 3.05) is 6.54 Å². The number of amides is 1. The summed E-state index contributed by atoms with van der Waals surface area (Å²) in [5.41, 5.74) is 4.95. The van der Waals surface area contributed by atoms with E-state index in [1.165, 1.54) is 4.31 Å². The number of carbonyl (C=O) groups excluding carboxylic acids is 1. The predicted molar refractivity (Wildman–Crippen MR) is 126 cm³/mol. The first-order valence-corrected chi connectivity index (χ1v) is 11.9. The van der Waals surface area contributed by atoms with Crippen molar-refractivity contribution in [2.45, 2.75) is 45.7 Å². The molecule has 0 saturated carbocycles. The Hall–Kier alpha value is -3.03. The molecule has 7 heteroatoms. The molecule has 0 radical (unpaired) electrons. The molecule has 0 unspecified atom stereocenters. The minimum atomic E-state index is -3.91. The average Bonchev–Trinajstić information content (AvgIpc) is 2.73. The second-order valence-corrected chi connectivity index (χ2v) is 9.96. The van der Waals surface area contributed by atoms with Crippen LogP contribution in [0.2, 0.25) is 0 Å². The molecule has 168 valence electrons. The van der Waals surface area contributed by atoms with Crippen molar-refractivity contribution >= 4 is 15.9 Å². The van der Waals surface area contributed by atoms with Gasteiger partial charge in [0.1, 0.15) is 0 Å². The number of hydrogen-bond acceptors (Lipinski definition) is 4. The normalized spacial score (nSPS) is 11.5. The fourth-order valence-electron chi connectivity index (χ4n) is 3.73. The maximum absolute atomic E-state index is 13.7. The third-order valence-electron chi connectivity index (χ3n) is 5.19. The van der Waals surface area contributed by atoms with Gasteiger partial charge in [0.2, 0.25) is 15.9 Å². The lowest BCUT2D eigenvalue weighted by atomic mass is 10.1. The van der Waals surface area contributed by atoms with Gasteiger partial charge in [-0.25, -0.2) is 8.42 Å². The summed E-state index contributed by atoms with van der Waals surface area (Å²) in [5.74, 6) is -0.381. The Morgan fingerprint density at radius 1 is 0.938 bits per heavy atom. The molecule has 32 heavy (non-hydrogen) atoms. The molecule has 0 aliphatic heterocycles. The van der Waals surface area contributed by atoms with E-state index in [1.807, 2.05) is 56.3 Å². The molecule has 2 aromatic carbocycles. The van der Waals surface area contributed by atoms with Crippen molar-refractivity contribution in [2.24, 2.45) is 0 Å². The fraction of sp³-hybridized carbons (Fsp3) is 0.280. The Labute approximate surface area is 190 Å². The lowest BCUT2D eigenvalue weighted by Gasteiger charge is -2.24. The number of aryl methyl sites for hydroxylation is 4. The van der Waals surface area contributed by atoms with E-state index in [0.29, 0.717) is 16.8 Å². The van der Waals surface area contributed by atoms with Crippen LogP contribution in [-0.4, -0.2) is 30.2 Å². The molecule has 6 nitrogen and oxygen atoms in total. The van der Waals surface area contributed by atoms with E-state index in [-0.39, 0.29) is 30.4 Å². The molecule has 3 aromatic rings. The second kappa shape index (κ2) is 10.1. The van der Waals surface area contributed by atoms with Gasteiger partial charge < -0.3 is 5.32 Å². The molecular weight excluding hydrogens is 422 g/mol. The Morgan fingerprint density at radius 3 is 2.19 bits per heavy atom. The lowest BCUT2D eigenvalue weighted by molar-refractivity contribution is -0.121. The van der Waals surface area contributed by atoms with Crippen LogP contribution in [0.4, 0.5) is 0 Å². The molecule has 1 heterocycles. The van der Waals surface area contributed by atoms with Crippen LogP contribution < -0.4 is 5.32 Å². The zero-order valence-corrected chi connectivity index (χ0v) is 19.7. The number of nitrogens with zero attached hydrogens (tertiary/aromatic N) is 2.